The average Bonchev–Trinajstić information content (AvgIpc) is 3.09. The number of thiophene rings is 1. The number of aromatic nitrogens is 1. The van der Waals surface area contributed by atoms with Gasteiger partial charge in [0.2, 0.25) is 0 Å². The van der Waals surface area contributed by atoms with Crippen LogP contribution in [0.4, 0.5) is 5.69 Å². The average molecular weight is 409 g/mol. The zero-order valence-electron chi connectivity index (χ0n) is 17.1. The quantitative estimate of drug-likeness (QED) is 0.482. The van der Waals surface area contributed by atoms with E-state index in [-0.39, 0.29) is 6.04 Å². The molecular weight excluding hydrogens is 380 g/mol. The third-order valence-corrected chi connectivity index (χ3v) is 7.49. The van der Waals surface area contributed by atoms with Crippen molar-refractivity contribution in [2.24, 2.45) is 5.92 Å². The summed E-state index contributed by atoms with van der Waals surface area (Å²) in [5, 5.41) is 13.2. The van der Waals surface area contributed by atoms with Crippen LogP contribution in [0.3, 0.4) is 0 Å². The number of aryl methyl sites for hydroxylation is 2. The molecule has 2 aromatic heterocycles. The highest BCUT2D eigenvalue weighted by Crippen LogP contribution is 2.43. The van der Waals surface area contributed by atoms with Crippen LogP contribution in [0.5, 0.6) is 0 Å². The molecule has 1 aliphatic rings. The number of pyridine rings is 1. The van der Waals surface area contributed by atoms with Crippen LogP contribution in [0.15, 0.2) is 36.5 Å². The molecule has 1 saturated carbocycles. The fraction of sp³-hybridized carbons (Fsp3) is 0.417. The Hall–Kier alpha value is -2.40. The van der Waals surface area contributed by atoms with Crippen molar-refractivity contribution >= 4 is 33.2 Å². The monoisotopic (exact) mass is 408 g/mol. The lowest BCUT2D eigenvalue weighted by Gasteiger charge is -2.32. The Morgan fingerprint density at radius 3 is 2.76 bits per heavy atom. The summed E-state index contributed by atoms with van der Waals surface area (Å²) >= 11 is 1.84. The third kappa shape index (κ3) is 4.01. The Kier molecular flexibility index (Phi) is 5.86. The molecular formula is C24H28N2O2S. The molecule has 152 valence electrons. The molecule has 0 aliphatic heterocycles. The molecule has 1 fully saturated rings. The Bertz CT molecular complexity index is 1020. The highest BCUT2D eigenvalue weighted by molar-refractivity contribution is 7.19. The molecule has 29 heavy (non-hydrogen) atoms. The van der Waals surface area contributed by atoms with Gasteiger partial charge in [-0.1, -0.05) is 26.2 Å². The molecule has 0 saturated heterocycles. The summed E-state index contributed by atoms with van der Waals surface area (Å²) in [7, 11) is 0. The van der Waals surface area contributed by atoms with Crippen molar-refractivity contribution < 1.29 is 9.90 Å². The number of carboxylic acid groups (broad SMARTS) is 1. The molecule has 0 bridgehead atoms. The second-order valence-corrected chi connectivity index (χ2v) is 9.08. The Morgan fingerprint density at radius 1 is 1.28 bits per heavy atom. The van der Waals surface area contributed by atoms with E-state index in [1.807, 2.05) is 42.7 Å². The number of aromatic carboxylic acids is 1. The van der Waals surface area contributed by atoms with Crippen molar-refractivity contribution in [3.05, 3.63) is 58.1 Å². The van der Waals surface area contributed by atoms with E-state index >= 15 is 0 Å². The van der Waals surface area contributed by atoms with Crippen LogP contribution < -0.4 is 5.32 Å². The fourth-order valence-electron chi connectivity index (χ4n) is 4.59. The molecule has 2 heterocycles. The number of carboxylic acids is 1. The molecule has 5 heteroatoms. The van der Waals surface area contributed by atoms with Gasteiger partial charge in [0.25, 0.3) is 0 Å². The largest absolute Gasteiger partial charge is 0.478 e. The van der Waals surface area contributed by atoms with Crippen LogP contribution in [-0.4, -0.2) is 16.1 Å². The number of rotatable bonds is 6. The van der Waals surface area contributed by atoms with E-state index in [4.69, 9.17) is 0 Å². The maximum absolute atomic E-state index is 11.5. The molecule has 0 amide bonds. The predicted octanol–water partition coefficient (Wildman–Crippen LogP) is 6.60. The molecule has 1 aliphatic carbocycles. The van der Waals surface area contributed by atoms with Crippen LogP contribution >= 0.6 is 11.3 Å². The molecule has 0 radical (unpaired) electrons. The minimum Gasteiger partial charge on any atom is -0.478 e. The number of carbonyl (C=O) groups is 1. The maximum atomic E-state index is 11.5. The van der Waals surface area contributed by atoms with Gasteiger partial charge in [-0.05, 0) is 73.6 Å². The number of nitrogens with zero attached hydrogens (tertiary/aromatic N) is 1. The standard InChI is InChI=1S/C24H28N2O2S/c1-3-16-14-18(11-12-19(16)24(27)28)26-22(17-8-5-4-6-9-17)23-15(2)21-20(29-23)10-7-13-25-21/h7,10-14,17,22,26H,3-6,8-9H2,1-2H3,(H,27,28). The first-order valence-corrected chi connectivity index (χ1v) is 11.4. The highest BCUT2D eigenvalue weighted by atomic mass is 32.1. The zero-order chi connectivity index (χ0) is 20.4. The van der Waals surface area contributed by atoms with Gasteiger partial charge in [0.1, 0.15) is 0 Å². The van der Waals surface area contributed by atoms with E-state index in [1.165, 1.54) is 47.2 Å². The molecule has 4 nitrogen and oxygen atoms in total. The van der Waals surface area contributed by atoms with Crippen LogP contribution in [0.1, 0.15) is 71.4 Å². The van der Waals surface area contributed by atoms with Gasteiger partial charge in [-0.25, -0.2) is 4.79 Å². The summed E-state index contributed by atoms with van der Waals surface area (Å²) in [6, 6.07) is 10.1. The first-order chi connectivity index (χ1) is 14.1. The van der Waals surface area contributed by atoms with E-state index in [1.54, 1.807) is 6.07 Å². The number of fused-ring (bicyclic) bond motifs is 1. The molecule has 3 aromatic rings. The minimum atomic E-state index is -0.858. The number of hydrogen-bond acceptors (Lipinski definition) is 4. The number of benzene rings is 1. The van der Waals surface area contributed by atoms with Crippen LogP contribution in [-0.2, 0) is 6.42 Å². The van der Waals surface area contributed by atoms with Crippen molar-refractivity contribution in [3.8, 4) is 0 Å². The van der Waals surface area contributed by atoms with Gasteiger partial charge in [0.05, 0.1) is 21.8 Å². The van der Waals surface area contributed by atoms with E-state index in [2.05, 4.69) is 23.3 Å². The van der Waals surface area contributed by atoms with Crippen molar-refractivity contribution in [1.82, 2.24) is 4.98 Å². The summed E-state index contributed by atoms with van der Waals surface area (Å²) in [6.45, 7) is 4.19. The summed E-state index contributed by atoms with van der Waals surface area (Å²) < 4.78 is 1.23. The lowest BCUT2D eigenvalue weighted by molar-refractivity contribution is 0.0696. The second-order valence-electron chi connectivity index (χ2n) is 7.99. The molecule has 1 unspecified atom stereocenters. The summed E-state index contributed by atoms with van der Waals surface area (Å²) in [5.74, 6) is -0.275. The van der Waals surface area contributed by atoms with Crippen LogP contribution in [0, 0.1) is 12.8 Å². The van der Waals surface area contributed by atoms with Crippen molar-refractivity contribution in [2.75, 3.05) is 5.32 Å². The lowest BCUT2D eigenvalue weighted by atomic mass is 9.82. The van der Waals surface area contributed by atoms with E-state index < -0.39 is 5.97 Å². The van der Waals surface area contributed by atoms with E-state index in [0.29, 0.717) is 17.9 Å². The molecule has 4 rings (SSSR count). The topological polar surface area (TPSA) is 62.2 Å². The second kappa shape index (κ2) is 8.54. The first kappa shape index (κ1) is 19.9. The van der Waals surface area contributed by atoms with E-state index in [9.17, 15) is 9.90 Å². The van der Waals surface area contributed by atoms with Crippen molar-refractivity contribution in [2.45, 2.75) is 58.4 Å². The molecule has 0 spiro atoms. The van der Waals surface area contributed by atoms with E-state index in [0.717, 1.165) is 16.8 Å². The van der Waals surface area contributed by atoms with Gasteiger partial charge in [-0.2, -0.15) is 0 Å². The normalized spacial score (nSPS) is 16.1. The zero-order valence-corrected chi connectivity index (χ0v) is 17.9. The predicted molar refractivity (Wildman–Crippen MR) is 120 cm³/mol. The van der Waals surface area contributed by atoms with Crippen LogP contribution in [0.25, 0.3) is 10.2 Å². The lowest BCUT2D eigenvalue weighted by Crippen LogP contribution is -2.23. The highest BCUT2D eigenvalue weighted by Gasteiger charge is 2.29. The Morgan fingerprint density at radius 2 is 2.07 bits per heavy atom. The fourth-order valence-corrected chi connectivity index (χ4v) is 5.91. The molecule has 1 atom stereocenters. The molecule has 2 N–H and O–H groups in total. The number of anilines is 1. The Balaban J connectivity index is 1.73. The molecule has 1 aromatic carbocycles. The minimum absolute atomic E-state index is 0.231. The van der Waals surface area contributed by atoms with Gasteiger partial charge in [-0.15, -0.1) is 11.3 Å². The maximum Gasteiger partial charge on any atom is 0.335 e. The van der Waals surface area contributed by atoms with Gasteiger partial charge in [0, 0.05) is 16.8 Å². The van der Waals surface area contributed by atoms with Crippen LogP contribution in [0.2, 0.25) is 0 Å². The summed E-state index contributed by atoms with van der Waals surface area (Å²) in [4.78, 5) is 17.5. The van der Waals surface area contributed by atoms with Gasteiger partial charge in [0.15, 0.2) is 0 Å². The Labute approximate surface area is 176 Å². The SMILES string of the molecule is CCc1cc(NC(c2sc3cccnc3c2C)C2CCCCC2)ccc1C(=O)O. The summed E-state index contributed by atoms with van der Waals surface area (Å²) in [6.07, 6.45) is 8.92. The van der Waals surface area contributed by atoms with Gasteiger partial charge in [-0.3, -0.25) is 4.98 Å². The summed E-state index contributed by atoms with van der Waals surface area (Å²) in [5.41, 5.74) is 4.65. The number of nitrogens with one attached hydrogen (secondary N) is 1. The number of hydrogen-bond donors (Lipinski definition) is 2. The van der Waals surface area contributed by atoms with Crippen molar-refractivity contribution in [1.29, 1.82) is 0 Å². The first-order valence-electron chi connectivity index (χ1n) is 10.5. The third-order valence-electron chi connectivity index (χ3n) is 6.16. The van der Waals surface area contributed by atoms with Gasteiger partial charge < -0.3 is 10.4 Å². The smallest absolute Gasteiger partial charge is 0.335 e. The van der Waals surface area contributed by atoms with Crippen molar-refractivity contribution in [3.63, 3.8) is 0 Å². The van der Waals surface area contributed by atoms with Gasteiger partial charge >= 0.3 is 5.97 Å².